The van der Waals surface area contributed by atoms with Gasteiger partial charge >= 0.3 is 5.69 Å². The number of hydrogen-bond donors (Lipinski definition) is 0. The Balaban J connectivity index is 1.67. The molecule has 0 spiro atoms. The second kappa shape index (κ2) is 9.02. The number of nitrogens with zero attached hydrogens (tertiary/aromatic N) is 3. The zero-order valence-electron chi connectivity index (χ0n) is 18.8. The lowest BCUT2D eigenvalue weighted by molar-refractivity contribution is -0.129. The van der Waals surface area contributed by atoms with Crippen LogP contribution in [0.3, 0.4) is 0 Å². The van der Waals surface area contributed by atoms with Crippen LogP contribution in [-0.2, 0) is 37.3 Å². The van der Waals surface area contributed by atoms with Crippen molar-refractivity contribution in [3.8, 4) is 0 Å². The highest BCUT2D eigenvalue weighted by Crippen LogP contribution is 2.33. The Morgan fingerprint density at radius 1 is 1.03 bits per heavy atom. The lowest BCUT2D eigenvalue weighted by Crippen LogP contribution is -2.41. The van der Waals surface area contributed by atoms with Gasteiger partial charge in [-0.1, -0.05) is 48.5 Å². The maximum absolute atomic E-state index is 14.5. The summed E-state index contributed by atoms with van der Waals surface area (Å²) in [6.07, 6.45) is 1.09. The van der Waals surface area contributed by atoms with Crippen LogP contribution in [0.2, 0.25) is 0 Å². The number of fused-ring (bicyclic) bond motifs is 3. The Bertz CT molecular complexity index is 1500. The summed E-state index contributed by atoms with van der Waals surface area (Å²) in [7, 11) is 0. The minimum absolute atomic E-state index is 0.0212. The fourth-order valence-electron chi connectivity index (χ4n) is 4.54. The molecule has 3 heterocycles. The molecule has 0 fully saturated rings. The van der Waals surface area contributed by atoms with E-state index in [1.54, 1.807) is 23.1 Å². The summed E-state index contributed by atoms with van der Waals surface area (Å²) in [6, 6.07) is 16.1. The van der Waals surface area contributed by atoms with E-state index in [9.17, 15) is 18.8 Å². The molecule has 4 aromatic rings. The summed E-state index contributed by atoms with van der Waals surface area (Å²) < 4.78 is 17.3. The number of amides is 1. The van der Waals surface area contributed by atoms with Crippen molar-refractivity contribution in [3.05, 3.63) is 103 Å². The van der Waals surface area contributed by atoms with E-state index in [0.717, 1.165) is 16.0 Å². The van der Waals surface area contributed by atoms with Crippen LogP contribution in [0.5, 0.6) is 0 Å². The van der Waals surface area contributed by atoms with E-state index in [1.807, 2.05) is 30.3 Å². The minimum Gasteiger partial charge on any atom is -0.337 e. The molecule has 2 aromatic carbocycles. The quantitative estimate of drug-likeness (QED) is 0.442. The number of rotatable bonds is 5. The van der Waals surface area contributed by atoms with Crippen LogP contribution in [-0.4, -0.2) is 26.5 Å². The molecule has 8 heteroatoms. The van der Waals surface area contributed by atoms with Gasteiger partial charge in [0.2, 0.25) is 5.91 Å². The smallest absolute Gasteiger partial charge is 0.332 e. The van der Waals surface area contributed by atoms with Gasteiger partial charge in [0.15, 0.2) is 0 Å². The standard InChI is InChI=1S/C26H24FN3O3S/c1-17(31)28-13-12-20-22(16-28)34-25-23(20)24(32)29(14-11-18-7-3-2-4-8-18)26(33)30(25)15-19-9-5-6-10-21(19)27/h2-10H,11-16H2,1H3. The van der Waals surface area contributed by atoms with Crippen molar-refractivity contribution in [1.29, 1.82) is 0 Å². The van der Waals surface area contributed by atoms with Crippen LogP contribution in [0.15, 0.2) is 64.2 Å². The topological polar surface area (TPSA) is 64.3 Å². The number of aromatic nitrogens is 2. The molecule has 6 nitrogen and oxygen atoms in total. The van der Waals surface area contributed by atoms with Gasteiger partial charge in [0.25, 0.3) is 5.56 Å². The molecule has 1 amide bonds. The van der Waals surface area contributed by atoms with Gasteiger partial charge in [0.1, 0.15) is 10.6 Å². The Labute approximate surface area is 199 Å². The summed E-state index contributed by atoms with van der Waals surface area (Å²) in [5, 5.41) is 0.521. The van der Waals surface area contributed by atoms with E-state index in [2.05, 4.69) is 0 Å². The highest BCUT2D eigenvalue weighted by Gasteiger charge is 2.27. The highest BCUT2D eigenvalue weighted by atomic mass is 32.1. The molecule has 1 aliphatic heterocycles. The predicted molar refractivity (Wildman–Crippen MR) is 131 cm³/mol. The van der Waals surface area contributed by atoms with Gasteiger partial charge < -0.3 is 4.90 Å². The molecule has 5 rings (SSSR count). The summed E-state index contributed by atoms with van der Waals surface area (Å²) in [6.45, 7) is 2.75. The molecule has 0 bridgehead atoms. The molecule has 0 saturated heterocycles. The first-order valence-electron chi connectivity index (χ1n) is 11.2. The van der Waals surface area contributed by atoms with E-state index in [1.165, 1.54) is 33.5 Å². The summed E-state index contributed by atoms with van der Waals surface area (Å²) in [5.41, 5.74) is 1.56. The third-order valence-electron chi connectivity index (χ3n) is 6.40. The third-order valence-corrected chi connectivity index (χ3v) is 7.64. The van der Waals surface area contributed by atoms with Crippen molar-refractivity contribution in [2.24, 2.45) is 0 Å². The van der Waals surface area contributed by atoms with Crippen LogP contribution in [0.25, 0.3) is 10.2 Å². The Kier molecular flexibility index (Phi) is 5.91. The van der Waals surface area contributed by atoms with Crippen molar-refractivity contribution in [2.45, 2.75) is 39.4 Å². The number of halogens is 1. The lowest BCUT2D eigenvalue weighted by Gasteiger charge is -2.25. The van der Waals surface area contributed by atoms with Gasteiger partial charge in [-0.05, 0) is 30.0 Å². The molecule has 34 heavy (non-hydrogen) atoms. The van der Waals surface area contributed by atoms with Gasteiger partial charge in [-0.15, -0.1) is 11.3 Å². The van der Waals surface area contributed by atoms with Gasteiger partial charge in [0, 0.05) is 30.5 Å². The average molecular weight is 478 g/mol. The highest BCUT2D eigenvalue weighted by molar-refractivity contribution is 7.18. The number of aryl methyl sites for hydroxylation is 1. The molecule has 0 unspecified atom stereocenters. The van der Waals surface area contributed by atoms with E-state index < -0.39 is 11.5 Å². The Morgan fingerprint density at radius 2 is 1.76 bits per heavy atom. The number of carbonyl (C=O) groups is 1. The minimum atomic E-state index is -0.446. The lowest BCUT2D eigenvalue weighted by atomic mass is 10.1. The molecular formula is C26H24FN3O3S. The van der Waals surface area contributed by atoms with Gasteiger partial charge in [-0.2, -0.15) is 0 Å². The summed E-state index contributed by atoms with van der Waals surface area (Å²) in [4.78, 5) is 42.3. The van der Waals surface area contributed by atoms with E-state index in [0.29, 0.717) is 41.7 Å². The van der Waals surface area contributed by atoms with Gasteiger partial charge in [-0.3, -0.25) is 18.7 Å². The van der Waals surface area contributed by atoms with E-state index in [4.69, 9.17) is 0 Å². The van der Waals surface area contributed by atoms with E-state index in [-0.39, 0.29) is 24.6 Å². The number of hydrogen-bond acceptors (Lipinski definition) is 4. The Hall–Kier alpha value is -3.52. The monoisotopic (exact) mass is 477 g/mol. The largest absolute Gasteiger partial charge is 0.337 e. The predicted octanol–water partition coefficient (Wildman–Crippen LogP) is 3.56. The average Bonchev–Trinajstić information content (AvgIpc) is 3.22. The third kappa shape index (κ3) is 3.98. The molecule has 0 saturated carbocycles. The van der Waals surface area contributed by atoms with Gasteiger partial charge in [0.05, 0.1) is 18.5 Å². The molecule has 174 valence electrons. The molecule has 0 aliphatic carbocycles. The first-order chi connectivity index (χ1) is 16.4. The molecule has 2 aromatic heterocycles. The SMILES string of the molecule is CC(=O)N1CCc2c(sc3c2c(=O)n(CCc2ccccc2)c(=O)n3Cc2ccccc2F)C1. The normalized spacial score (nSPS) is 13.3. The van der Waals surface area contributed by atoms with Gasteiger partial charge in [-0.25, -0.2) is 9.18 Å². The maximum Gasteiger partial charge on any atom is 0.332 e. The number of thiophene rings is 1. The van der Waals surface area contributed by atoms with Crippen LogP contribution in [0.4, 0.5) is 4.39 Å². The first kappa shape index (κ1) is 22.3. The zero-order valence-corrected chi connectivity index (χ0v) is 19.6. The second-order valence-electron chi connectivity index (χ2n) is 8.53. The van der Waals surface area contributed by atoms with Crippen molar-refractivity contribution in [3.63, 3.8) is 0 Å². The molecule has 0 atom stereocenters. The zero-order chi connectivity index (χ0) is 23.8. The first-order valence-corrected chi connectivity index (χ1v) is 12.1. The van der Waals surface area contributed by atoms with Crippen LogP contribution >= 0.6 is 11.3 Å². The van der Waals surface area contributed by atoms with E-state index >= 15 is 0 Å². The molecule has 0 radical (unpaired) electrons. The van der Waals surface area contributed by atoms with Crippen molar-refractivity contribution < 1.29 is 9.18 Å². The summed E-state index contributed by atoms with van der Waals surface area (Å²) in [5.74, 6) is -0.416. The number of benzene rings is 2. The number of carbonyl (C=O) groups excluding carboxylic acids is 1. The van der Waals surface area contributed by atoms with Crippen molar-refractivity contribution in [1.82, 2.24) is 14.0 Å². The van der Waals surface area contributed by atoms with Crippen LogP contribution in [0.1, 0.15) is 28.5 Å². The van der Waals surface area contributed by atoms with Crippen LogP contribution < -0.4 is 11.2 Å². The van der Waals surface area contributed by atoms with Crippen molar-refractivity contribution in [2.75, 3.05) is 6.54 Å². The molecular weight excluding hydrogens is 453 g/mol. The molecule has 0 N–H and O–H groups in total. The van der Waals surface area contributed by atoms with Crippen molar-refractivity contribution >= 4 is 27.5 Å². The fraction of sp³-hybridized carbons (Fsp3) is 0.269. The fourth-order valence-corrected chi connectivity index (χ4v) is 5.89. The maximum atomic E-state index is 14.5. The summed E-state index contributed by atoms with van der Waals surface area (Å²) >= 11 is 1.36. The van der Waals surface area contributed by atoms with Crippen LogP contribution in [0, 0.1) is 5.82 Å². The molecule has 1 aliphatic rings. The Morgan fingerprint density at radius 3 is 2.50 bits per heavy atom. The second-order valence-corrected chi connectivity index (χ2v) is 9.61.